The molecular formula is C18H15Br2N3O2. The lowest BCUT2D eigenvalue weighted by Gasteiger charge is -2.06. The normalized spacial score (nSPS) is 10.6. The summed E-state index contributed by atoms with van der Waals surface area (Å²) in [7, 11) is 0. The molecule has 0 aliphatic heterocycles. The van der Waals surface area contributed by atoms with Gasteiger partial charge in [-0.3, -0.25) is 9.59 Å². The first-order valence-electron chi connectivity index (χ1n) is 7.63. The SMILES string of the molecule is O=C(CCNC(=O)c1cc2ccc(Br)cc2[nH]1)Nc1ccc(Br)cc1. The molecule has 2 amide bonds. The maximum Gasteiger partial charge on any atom is 0.267 e. The molecule has 0 fully saturated rings. The van der Waals surface area contributed by atoms with E-state index in [0.717, 1.165) is 25.5 Å². The predicted molar refractivity (Wildman–Crippen MR) is 106 cm³/mol. The monoisotopic (exact) mass is 463 g/mol. The predicted octanol–water partition coefficient (Wildman–Crippen LogP) is 4.45. The van der Waals surface area contributed by atoms with Gasteiger partial charge < -0.3 is 15.6 Å². The molecule has 0 aliphatic rings. The third-order valence-corrected chi connectivity index (χ3v) is 4.62. The molecule has 0 aliphatic carbocycles. The van der Waals surface area contributed by atoms with Crippen molar-refractivity contribution in [3.8, 4) is 0 Å². The number of rotatable bonds is 5. The van der Waals surface area contributed by atoms with Crippen molar-refractivity contribution in [3.63, 3.8) is 0 Å². The topological polar surface area (TPSA) is 74.0 Å². The van der Waals surface area contributed by atoms with E-state index in [1.165, 1.54) is 0 Å². The number of fused-ring (bicyclic) bond motifs is 1. The molecule has 7 heteroatoms. The number of nitrogens with one attached hydrogen (secondary N) is 3. The summed E-state index contributed by atoms with van der Waals surface area (Å²) in [4.78, 5) is 27.2. The second-order valence-corrected chi connectivity index (χ2v) is 7.31. The second-order valence-electron chi connectivity index (χ2n) is 5.48. The zero-order valence-electron chi connectivity index (χ0n) is 13.1. The Kier molecular flexibility index (Phi) is 5.55. The van der Waals surface area contributed by atoms with Crippen LogP contribution in [0.25, 0.3) is 10.9 Å². The minimum Gasteiger partial charge on any atom is -0.350 e. The van der Waals surface area contributed by atoms with E-state index in [-0.39, 0.29) is 24.8 Å². The number of aromatic nitrogens is 1. The van der Waals surface area contributed by atoms with Crippen molar-refractivity contribution in [2.24, 2.45) is 0 Å². The fraction of sp³-hybridized carbons (Fsp3) is 0.111. The highest BCUT2D eigenvalue weighted by molar-refractivity contribution is 9.10. The van der Waals surface area contributed by atoms with Crippen molar-refractivity contribution in [2.75, 3.05) is 11.9 Å². The first-order chi connectivity index (χ1) is 12.0. The van der Waals surface area contributed by atoms with Gasteiger partial charge in [-0.2, -0.15) is 0 Å². The summed E-state index contributed by atoms with van der Waals surface area (Å²) in [5.41, 5.74) is 2.08. The Morgan fingerprint density at radius 1 is 0.960 bits per heavy atom. The quantitative estimate of drug-likeness (QED) is 0.521. The third-order valence-electron chi connectivity index (χ3n) is 3.59. The van der Waals surface area contributed by atoms with Crippen molar-refractivity contribution in [1.82, 2.24) is 10.3 Å². The van der Waals surface area contributed by atoms with E-state index in [9.17, 15) is 9.59 Å². The van der Waals surface area contributed by atoms with Gasteiger partial charge in [0.15, 0.2) is 0 Å². The number of anilines is 1. The van der Waals surface area contributed by atoms with Crippen LogP contribution in [0.1, 0.15) is 16.9 Å². The van der Waals surface area contributed by atoms with Crippen molar-refractivity contribution in [1.29, 1.82) is 0 Å². The van der Waals surface area contributed by atoms with Crippen LogP contribution < -0.4 is 10.6 Å². The van der Waals surface area contributed by atoms with E-state index in [0.29, 0.717) is 5.69 Å². The van der Waals surface area contributed by atoms with E-state index < -0.39 is 0 Å². The van der Waals surface area contributed by atoms with Crippen LogP contribution in [0.15, 0.2) is 57.5 Å². The summed E-state index contributed by atoms with van der Waals surface area (Å²) in [6.45, 7) is 0.264. The number of halogens is 2. The van der Waals surface area contributed by atoms with Crippen LogP contribution in [-0.2, 0) is 4.79 Å². The lowest BCUT2D eigenvalue weighted by molar-refractivity contribution is -0.116. The lowest BCUT2D eigenvalue weighted by Crippen LogP contribution is -2.27. The van der Waals surface area contributed by atoms with Crippen LogP contribution in [0, 0.1) is 0 Å². The van der Waals surface area contributed by atoms with Crippen LogP contribution in [-0.4, -0.2) is 23.3 Å². The number of carbonyl (C=O) groups excluding carboxylic acids is 2. The average Bonchev–Trinajstić information content (AvgIpc) is 3.00. The minimum atomic E-state index is -0.233. The van der Waals surface area contributed by atoms with Gasteiger partial charge in [0, 0.05) is 38.5 Å². The maximum absolute atomic E-state index is 12.2. The first kappa shape index (κ1) is 17.7. The fourth-order valence-corrected chi connectivity index (χ4v) is 2.99. The molecule has 128 valence electrons. The molecule has 5 nitrogen and oxygen atoms in total. The highest BCUT2D eigenvalue weighted by Gasteiger charge is 2.10. The van der Waals surface area contributed by atoms with Gasteiger partial charge in [0.2, 0.25) is 5.91 Å². The van der Waals surface area contributed by atoms with Crippen LogP contribution >= 0.6 is 31.9 Å². The van der Waals surface area contributed by atoms with Gasteiger partial charge in [0.25, 0.3) is 5.91 Å². The summed E-state index contributed by atoms with van der Waals surface area (Å²) >= 11 is 6.74. The summed E-state index contributed by atoms with van der Waals surface area (Å²) in [6.07, 6.45) is 0.202. The van der Waals surface area contributed by atoms with Gasteiger partial charge in [0.05, 0.1) is 0 Å². The molecule has 0 saturated heterocycles. The number of H-pyrrole nitrogens is 1. The Morgan fingerprint density at radius 2 is 1.68 bits per heavy atom. The Balaban J connectivity index is 1.51. The summed E-state index contributed by atoms with van der Waals surface area (Å²) < 4.78 is 1.89. The van der Waals surface area contributed by atoms with E-state index in [1.54, 1.807) is 6.07 Å². The molecule has 0 radical (unpaired) electrons. The fourth-order valence-electron chi connectivity index (χ4n) is 2.36. The maximum atomic E-state index is 12.2. The Bertz CT molecular complexity index is 920. The molecule has 0 saturated carbocycles. The number of amides is 2. The van der Waals surface area contributed by atoms with E-state index >= 15 is 0 Å². The summed E-state index contributed by atoms with van der Waals surface area (Å²) in [5.74, 6) is -0.382. The van der Waals surface area contributed by atoms with Crippen molar-refractivity contribution < 1.29 is 9.59 Å². The molecule has 0 spiro atoms. The second kappa shape index (κ2) is 7.84. The van der Waals surface area contributed by atoms with Crippen molar-refractivity contribution in [3.05, 3.63) is 63.2 Å². The van der Waals surface area contributed by atoms with Gasteiger partial charge in [-0.15, -0.1) is 0 Å². The third kappa shape index (κ3) is 4.70. The van der Waals surface area contributed by atoms with Crippen LogP contribution in [0.2, 0.25) is 0 Å². The molecular weight excluding hydrogens is 450 g/mol. The molecule has 1 heterocycles. The Hall–Kier alpha value is -2.12. The smallest absolute Gasteiger partial charge is 0.267 e. The van der Waals surface area contributed by atoms with Gasteiger partial charge in [-0.1, -0.05) is 37.9 Å². The largest absolute Gasteiger partial charge is 0.350 e. The standard InChI is InChI=1S/C18H15Br2N3O2/c19-12-3-5-14(6-4-12)22-17(24)7-8-21-18(25)16-9-11-1-2-13(20)10-15(11)23-16/h1-6,9-10,23H,7-8H2,(H,21,25)(H,22,24). The number of hydrogen-bond acceptors (Lipinski definition) is 2. The highest BCUT2D eigenvalue weighted by Crippen LogP contribution is 2.20. The van der Waals surface area contributed by atoms with Gasteiger partial charge in [0.1, 0.15) is 5.69 Å². The molecule has 3 N–H and O–H groups in total. The summed E-state index contributed by atoms with van der Waals surface area (Å²) in [5, 5.41) is 6.50. The molecule has 0 bridgehead atoms. The zero-order chi connectivity index (χ0) is 17.8. The van der Waals surface area contributed by atoms with Crippen molar-refractivity contribution in [2.45, 2.75) is 6.42 Å². The highest BCUT2D eigenvalue weighted by atomic mass is 79.9. The molecule has 1 aromatic heterocycles. The lowest BCUT2D eigenvalue weighted by atomic mass is 10.2. The first-order valence-corrected chi connectivity index (χ1v) is 9.22. The van der Waals surface area contributed by atoms with E-state index in [1.807, 2.05) is 42.5 Å². The molecule has 3 aromatic rings. The Morgan fingerprint density at radius 3 is 2.44 bits per heavy atom. The number of hydrogen-bond donors (Lipinski definition) is 3. The molecule has 0 atom stereocenters. The van der Waals surface area contributed by atoms with E-state index in [4.69, 9.17) is 0 Å². The molecule has 25 heavy (non-hydrogen) atoms. The zero-order valence-corrected chi connectivity index (χ0v) is 16.3. The Labute approximate surface area is 161 Å². The minimum absolute atomic E-state index is 0.150. The van der Waals surface area contributed by atoms with Gasteiger partial charge in [-0.05, 0) is 42.5 Å². The van der Waals surface area contributed by atoms with Gasteiger partial charge in [-0.25, -0.2) is 0 Å². The summed E-state index contributed by atoms with van der Waals surface area (Å²) in [6, 6.07) is 14.9. The molecule has 0 unspecified atom stereocenters. The molecule has 2 aromatic carbocycles. The van der Waals surface area contributed by atoms with Gasteiger partial charge >= 0.3 is 0 Å². The average molecular weight is 465 g/mol. The van der Waals surface area contributed by atoms with E-state index in [2.05, 4.69) is 47.5 Å². The van der Waals surface area contributed by atoms with Crippen LogP contribution in [0.3, 0.4) is 0 Å². The number of carbonyl (C=O) groups is 2. The van der Waals surface area contributed by atoms with Crippen LogP contribution in [0.4, 0.5) is 5.69 Å². The van der Waals surface area contributed by atoms with Crippen LogP contribution in [0.5, 0.6) is 0 Å². The molecule has 3 rings (SSSR count). The number of aromatic amines is 1. The number of benzene rings is 2. The van der Waals surface area contributed by atoms with Crippen molar-refractivity contribution >= 4 is 60.3 Å².